The van der Waals surface area contributed by atoms with Crippen LogP contribution in [-0.4, -0.2) is 49.2 Å². The van der Waals surface area contributed by atoms with Gasteiger partial charge in [0.2, 0.25) is 0 Å². The Hall–Kier alpha value is -2.60. The molecule has 1 saturated heterocycles. The highest BCUT2D eigenvalue weighted by Gasteiger charge is 2.23. The van der Waals surface area contributed by atoms with Gasteiger partial charge in [-0.2, -0.15) is 0 Å². The van der Waals surface area contributed by atoms with Gasteiger partial charge >= 0.3 is 0 Å². The summed E-state index contributed by atoms with van der Waals surface area (Å²) in [6.07, 6.45) is 4.01. The van der Waals surface area contributed by atoms with E-state index in [1.807, 2.05) is 25.4 Å². The number of rotatable bonds is 7. The van der Waals surface area contributed by atoms with Gasteiger partial charge in [0.1, 0.15) is 5.82 Å². The van der Waals surface area contributed by atoms with E-state index in [1.54, 1.807) is 0 Å². The monoisotopic (exact) mass is 408 g/mol. The Morgan fingerprint density at radius 1 is 1.13 bits per heavy atom. The van der Waals surface area contributed by atoms with E-state index in [0.29, 0.717) is 6.04 Å². The maximum Gasteiger partial charge on any atom is 0.191 e. The van der Waals surface area contributed by atoms with Gasteiger partial charge in [-0.3, -0.25) is 4.99 Å². The second-order valence-electron chi connectivity index (χ2n) is 8.68. The van der Waals surface area contributed by atoms with Gasteiger partial charge in [-0.1, -0.05) is 36.4 Å². The lowest BCUT2D eigenvalue weighted by molar-refractivity contribution is 0.343. The van der Waals surface area contributed by atoms with Gasteiger partial charge < -0.3 is 20.9 Å². The number of guanidine groups is 1. The van der Waals surface area contributed by atoms with Gasteiger partial charge in [-0.05, 0) is 51.3 Å². The summed E-state index contributed by atoms with van der Waals surface area (Å²) >= 11 is 0. The summed E-state index contributed by atoms with van der Waals surface area (Å²) in [5.41, 5.74) is 1.22. The van der Waals surface area contributed by atoms with Crippen LogP contribution in [0.25, 0.3) is 0 Å². The first kappa shape index (κ1) is 22.1. The van der Waals surface area contributed by atoms with Gasteiger partial charge in [0.05, 0.1) is 0 Å². The highest BCUT2D eigenvalue weighted by molar-refractivity contribution is 5.80. The lowest BCUT2D eigenvalue weighted by Gasteiger charge is -2.35. The molecule has 1 fully saturated rings. The average Bonchev–Trinajstić information content (AvgIpc) is 2.78. The van der Waals surface area contributed by atoms with Gasteiger partial charge in [0, 0.05) is 50.5 Å². The first-order valence-electron chi connectivity index (χ1n) is 10.9. The second-order valence-corrected chi connectivity index (χ2v) is 8.68. The van der Waals surface area contributed by atoms with E-state index in [9.17, 15) is 0 Å². The van der Waals surface area contributed by atoms with Crippen molar-refractivity contribution in [2.45, 2.75) is 51.2 Å². The lowest BCUT2D eigenvalue weighted by Crippen LogP contribution is -2.54. The topological polar surface area (TPSA) is 64.6 Å². The van der Waals surface area contributed by atoms with E-state index in [1.165, 1.54) is 5.56 Å². The number of benzene rings is 1. The lowest BCUT2D eigenvalue weighted by atomic mass is 10.0. The zero-order valence-electron chi connectivity index (χ0n) is 18.7. The molecule has 1 aliphatic rings. The molecule has 6 heteroatoms. The molecule has 162 valence electrons. The van der Waals surface area contributed by atoms with Crippen LogP contribution >= 0.6 is 0 Å². The highest BCUT2D eigenvalue weighted by atomic mass is 15.2. The molecule has 1 unspecified atom stereocenters. The zero-order chi connectivity index (χ0) is 21.4. The molecular formula is C24H36N6. The maximum absolute atomic E-state index is 4.47. The molecule has 0 aliphatic carbocycles. The molecule has 0 radical (unpaired) electrons. The number of aromatic nitrogens is 1. The molecule has 2 heterocycles. The van der Waals surface area contributed by atoms with Crippen molar-refractivity contribution in [3.63, 3.8) is 0 Å². The van der Waals surface area contributed by atoms with Crippen LogP contribution in [0.3, 0.4) is 0 Å². The molecule has 0 amide bonds. The number of pyridine rings is 1. The molecule has 30 heavy (non-hydrogen) atoms. The number of piperidine rings is 1. The molecule has 3 N–H and O–H groups in total. The van der Waals surface area contributed by atoms with E-state index in [2.05, 4.69) is 88.0 Å². The minimum absolute atomic E-state index is 0.0742. The van der Waals surface area contributed by atoms with Crippen LogP contribution in [0.2, 0.25) is 0 Å². The summed E-state index contributed by atoms with van der Waals surface area (Å²) in [6, 6.07) is 17.4. The zero-order valence-corrected chi connectivity index (χ0v) is 18.7. The van der Waals surface area contributed by atoms with Gasteiger partial charge in [0.25, 0.3) is 0 Å². The van der Waals surface area contributed by atoms with Crippen molar-refractivity contribution in [1.82, 2.24) is 20.9 Å². The highest BCUT2D eigenvalue weighted by Crippen LogP contribution is 2.18. The van der Waals surface area contributed by atoms with Crippen LogP contribution in [0.5, 0.6) is 0 Å². The summed E-state index contributed by atoms with van der Waals surface area (Å²) in [5.74, 6) is 1.94. The van der Waals surface area contributed by atoms with Crippen molar-refractivity contribution in [3.05, 3.63) is 60.3 Å². The quantitative estimate of drug-likeness (QED) is 0.484. The van der Waals surface area contributed by atoms with Gasteiger partial charge in [-0.15, -0.1) is 0 Å². The molecule has 0 saturated carbocycles. The molecule has 2 aromatic rings. The average molecular weight is 409 g/mol. The number of hydrogen-bond acceptors (Lipinski definition) is 4. The molecule has 0 spiro atoms. The Balaban J connectivity index is 1.44. The third-order valence-electron chi connectivity index (χ3n) is 5.64. The van der Waals surface area contributed by atoms with Crippen LogP contribution in [0.1, 0.15) is 45.2 Å². The largest absolute Gasteiger partial charge is 0.356 e. The van der Waals surface area contributed by atoms with Gasteiger partial charge in [0.15, 0.2) is 5.96 Å². The molecule has 1 aromatic heterocycles. The van der Waals surface area contributed by atoms with Crippen molar-refractivity contribution in [3.8, 4) is 0 Å². The van der Waals surface area contributed by atoms with Crippen molar-refractivity contribution < 1.29 is 0 Å². The SMILES string of the molecule is CN=C(NCC(C)(C)NC(C)c1ccccc1)NC1CCN(c2ccccn2)CC1. The summed E-state index contributed by atoms with van der Waals surface area (Å²) < 4.78 is 0. The first-order valence-corrected chi connectivity index (χ1v) is 10.9. The summed E-state index contributed by atoms with van der Waals surface area (Å²) in [5, 5.41) is 10.8. The Kier molecular flexibility index (Phi) is 7.69. The van der Waals surface area contributed by atoms with E-state index < -0.39 is 0 Å². The fourth-order valence-corrected chi connectivity index (χ4v) is 3.95. The number of nitrogens with one attached hydrogen (secondary N) is 3. The predicted molar refractivity (Wildman–Crippen MR) is 126 cm³/mol. The Morgan fingerprint density at radius 3 is 2.47 bits per heavy atom. The predicted octanol–water partition coefficient (Wildman–Crippen LogP) is 3.34. The Bertz CT molecular complexity index is 782. The molecule has 0 bridgehead atoms. The fourth-order valence-electron chi connectivity index (χ4n) is 3.95. The van der Waals surface area contributed by atoms with Crippen molar-refractivity contribution in [1.29, 1.82) is 0 Å². The maximum atomic E-state index is 4.47. The normalized spacial score (nSPS) is 16.9. The van der Waals surface area contributed by atoms with Crippen LogP contribution in [0, 0.1) is 0 Å². The standard InChI is InChI=1S/C24H36N6/c1-19(20-10-6-5-7-11-20)29-24(2,3)18-27-23(25-4)28-21-13-16-30(17-14-21)22-12-8-9-15-26-22/h5-12,15,19,21,29H,13-14,16-18H2,1-4H3,(H2,25,27,28). The van der Waals surface area contributed by atoms with Crippen LogP contribution in [-0.2, 0) is 0 Å². The van der Waals surface area contributed by atoms with E-state index in [0.717, 1.165) is 44.3 Å². The molecule has 1 atom stereocenters. The smallest absolute Gasteiger partial charge is 0.191 e. The first-order chi connectivity index (χ1) is 14.5. The summed E-state index contributed by atoms with van der Waals surface area (Å²) in [7, 11) is 1.84. The number of anilines is 1. The fraction of sp³-hybridized carbons (Fsp3) is 0.500. The van der Waals surface area contributed by atoms with E-state index in [-0.39, 0.29) is 11.6 Å². The molecule has 1 aromatic carbocycles. The third-order valence-corrected chi connectivity index (χ3v) is 5.64. The van der Waals surface area contributed by atoms with Crippen LogP contribution in [0.4, 0.5) is 5.82 Å². The van der Waals surface area contributed by atoms with Crippen molar-refractivity contribution in [2.75, 3.05) is 31.6 Å². The molecule has 1 aliphatic heterocycles. The van der Waals surface area contributed by atoms with E-state index in [4.69, 9.17) is 0 Å². The van der Waals surface area contributed by atoms with Crippen molar-refractivity contribution >= 4 is 11.8 Å². The number of nitrogens with zero attached hydrogens (tertiary/aromatic N) is 3. The summed E-state index contributed by atoms with van der Waals surface area (Å²) in [4.78, 5) is 11.3. The van der Waals surface area contributed by atoms with E-state index >= 15 is 0 Å². The minimum Gasteiger partial charge on any atom is -0.356 e. The van der Waals surface area contributed by atoms with Crippen LogP contribution < -0.4 is 20.9 Å². The van der Waals surface area contributed by atoms with Crippen LogP contribution in [0.15, 0.2) is 59.7 Å². The molecule has 3 rings (SSSR count). The number of hydrogen-bond donors (Lipinski definition) is 3. The third kappa shape index (κ3) is 6.46. The van der Waals surface area contributed by atoms with Gasteiger partial charge in [-0.25, -0.2) is 4.98 Å². The Morgan fingerprint density at radius 2 is 1.83 bits per heavy atom. The minimum atomic E-state index is -0.0742. The molecular weight excluding hydrogens is 372 g/mol. The summed E-state index contributed by atoms with van der Waals surface area (Å²) in [6.45, 7) is 9.45. The Labute approximate surface area is 181 Å². The molecule has 6 nitrogen and oxygen atoms in total. The second kappa shape index (κ2) is 10.4. The number of aliphatic imine (C=N–C) groups is 1. The van der Waals surface area contributed by atoms with Crippen molar-refractivity contribution in [2.24, 2.45) is 4.99 Å².